The number of nitrogens with zero attached hydrogens (tertiary/aromatic N) is 4. The first-order valence-corrected chi connectivity index (χ1v) is 7.56. The average molecular weight is 310 g/mol. The summed E-state index contributed by atoms with van der Waals surface area (Å²) in [5.41, 5.74) is -0.00769. The number of thiophene rings is 2. The van der Waals surface area contributed by atoms with Gasteiger partial charge in [0.2, 0.25) is 0 Å². The normalized spacial score (nSPS) is 9.29. The van der Waals surface area contributed by atoms with Crippen LogP contribution in [0.2, 0.25) is 0 Å². The topological polar surface area (TPSA) is 74.6 Å². The van der Waals surface area contributed by atoms with E-state index in [1.54, 1.807) is 29.5 Å². The molecule has 0 amide bonds. The van der Waals surface area contributed by atoms with E-state index < -0.39 is 0 Å². The van der Waals surface area contributed by atoms with Crippen molar-refractivity contribution >= 4 is 33.2 Å². The molecule has 2 heterocycles. The molecule has 2 rings (SSSR count). The molecule has 0 aliphatic rings. The van der Waals surface area contributed by atoms with Gasteiger partial charge in [0, 0.05) is 28.7 Å². The molecule has 0 unspecified atom stereocenters. The molecule has 0 bridgehead atoms. The number of rotatable bonds is 3. The van der Waals surface area contributed by atoms with Crippen LogP contribution in [-0.2, 0) is 0 Å². The van der Waals surface area contributed by atoms with E-state index in [9.17, 15) is 0 Å². The lowest BCUT2D eigenvalue weighted by atomic mass is 10.1. The van der Waals surface area contributed by atoms with Crippen LogP contribution in [0.1, 0.15) is 4.88 Å². The van der Waals surface area contributed by atoms with Crippen LogP contribution in [0, 0.1) is 34.0 Å². The van der Waals surface area contributed by atoms with Crippen molar-refractivity contribution in [2.75, 3.05) is 19.0 Å². The van der Waals surface area contributed by atoms with Gasteiger partial charge in [0.05, 0.1) is 10.6 Å². The summed E-state index contributed by atoms with van der Waals surface area (Å²) in [4.78, 5) is 4.80. The van der Waals surface area contributed by atoms with Crippen LogP contribution in [-0.4, -0.2) is 14.1 Å². The molecule has 0 aliphatic heterocycles. The quantitative estimate of drug-likeness (QED) is 0.807. The molecule has 2 aromatic heterocycles. The van der Waals surface area contributed by atoms with Gasteiger partial charge in [0.1, 0.15) is 23.8 Å². The Morgan fingerprint density at radius 1 is 0.905 bits per heavy atom. The Morgan fingerprint density at radius 2 is 1.52 bits per heavy atom. The Balaban J connectivity index is 2.43. The molecule has 0 saturated carbocycles. The average Bonchev–Trinajstić information content (AvgIpc) is 3.12. The fourth-order valence-electron chi connectivity index (χ4n) is 1.68. The molecule has 2 aromatic rings. The number of hydrogen-bond acceptors (Lipinski definition) is 6. The van der Waals surface area contributed by atoms with E-state index in [2.05, 4.69) is 0 Å². The minimum absolute atomic E-state index is 0.139. The van der Waals surface area contributed by atoms with Gasteiger partial charge >= 0.3 is 0 Å². The summed E-state index contributed by atoms with van der Waals surface area (Å²) in [6, 6.07) is 13.2. The monoisotopic (exact) mass is 310 g/mol. The standard InChI is InChI=1S/C15H10N4S2/c1-19(2)15-6-5-14(21-15)13-4-3-12(20-13)11(9-18)10(7-16)8-17/h3-6H,1-2H3. The van der Waals surface area contributed by atoms with Crippen molar-refractivity contribution < 1.29 is 0 Å². The zero-order valence-corrected chi connectivity index (χ0v) is 13.0. The molecule has 0 saturated heterocycles. The van der Waals surface area contributed by atoms with E-state index in [0.717, 1.165) is 14.8 Å². The van der Waals surface area contributed by atoms with E-state index in [1.807, 2.05) is 43.3 Å². The minimum atomic E-state index is -0.147. The zero-order chi connectivity index (χ0) is 15.4. The molecule has 0 radical (unpaired) electrons. The van der Waals surface area contributed by atoms with Crippen LogP contribution in [0.3, 0.4) is 0 Å². The first-order valence-electron chi connectivity index (χ1n) is 5.93. The Hall–Kier alpha value is -2.59. The molecule has 0 aromatic carbocycles. The maximum Gasteiger partial charge on any atom is 0.148 e. The van der Waals surface area contributed by atoms with E-state index in [1.165, 1.54) is 11.3 Å². The maximum absolute atomic E-state index is 9.16. The molecule has 0 aliphatic carbocycles. The van der Waals surface area contributed by atoms with E-state index in [4.69, 9.17) is 15.8 Å². The van der Waals surface area contributed by atoms with Gasteiger partial charge in [0.25, 0.3) is 0 Å². The number of hydrogen-bond donors (Lipinski definition) is 0. The van der Waals surface area contributed by atoms with Crippen molar-refractivity contribution in [3.63, 3.8) is 0 Å². The highest BCUT2D eigenvalue weighted by molar-refractivity contribution is 7.24. The van der Waals surface area contributed by atoms with E-state index >= 15 is 0 Å². The highest BCUT2D eigenvalue weighted by Gasteiger charge is 2.13. The Kier molecular flexibility index (Phi) is 4.40. The Labute approximate surface area is 131 Å². The zero-order valence-electron chi connectivity index (χ0n) is 11.4. The number of allylic oxidation sites excluding steroid dienone is 2. The largest absolute Gasteiger partial charge is 0.370 e. The fraction of sp³-hybridized carbons (Fsp3) is 0.133. The Morgan fingerprint density at radius 3 is 2.05 bits per heavy atom. The van der Waals surface area contributed by atoms with E-state index in [-0.39, 0.29) is 11.1 Å². The van der Waals surface area contributed by atoms with Crippen LogP contribution in [0.15, 0.2) is 29.8 Å². The molecular weight excluding hydrogens is 300 g/mol. The molecule has 102 valence electrons. The molecule has 0 spiro atoms. The second-order valence-electron chi connectivity index (χ2n) is 4.28. The summed E-state index contributed by atoms with van der Waals surface area (Å²) in [5.74, 6) is 0. The van der Waals surface area contributed by atoms with Crippen molar-refractivity contribution in [3.8, 4) is 28.0 Å². The lowest BCUT2D eigenvalue weighted by Gasteiger charge is -2.06. The van der Waals surface area contributed by atoms with E-state index in [0.29, 0.717) is 4.88 Å². The van der Waals surface area contributed by atoms with Crippen LogP contribution >= 0.6 is 22.7 Å². The highest BCUT2D eigenvalue weighted by atomic mass is 32.1. The van der Waals surface area contributed by atoms with Crippen LogP contribution in [0.25, 0.3) is 15.3 Å². The molecule has 21 heavy (non-hydrogen) atoms. The molecule has 6 heteroatoms. The van der Waals surface area contributed by atoms with Crippen LogP contribution in [0.5, 0.6) is 0 Å². The fourth-order valence-corrected chi connectivity index (χ4v) is 3.70. The van der Waals surface area contributed by atoms with Gasteiger partial charge in [-0.3, -0.25) is 0 Å². The smallest absolute Gasteiger partial charge is 0.148 e. The van der Waals surface area contributed by atoms with Gasteiger partial charge in [-0.05, 0) is 24.3 Å². The number of nitriles is 3. The second-order valence-corrected chi connectivity index (χ2v) is 6.43. The molecule has 4 nitrogen and oxygen atoms in total. The first kappa shape index (κ1) is 14.8. The van der Waals surface area contributed by atoms with Crippen molar-refractivity contribution in [3.05, 3.63) is 34.7 Å². The molecular formula is C15H10N4S2. The lowest BCUT2D eigenvalue weighted by molar-refractivity contribution is 1.16. The Bertz CT molecular complexity index is 803. The van der Waals surface area contributed by atoms with Crippen LogP contribution < -0.4 is 4.90 Å². The van der Waals surface area contributed by atoms with Gasteiger partial charge in [0.15, 0.2) is 0 Å². The predicted molar refractivity (Wildman–Crippen MR) is 85.7 cm³/mol. The van der Waals surface area contributed by atoms with Gasteiger partial charge in [-0.15, -0.1) is 22.7 Å². The van der Waals surface area contributed by atoms with Gasteiger partial charge in [-0.2, -0.15) is 15.8 Å². The summed E-state index contributed by atoms with van der Waals surface area (Å²) in [6.07, 6.45) is 0. The minimum Gasteiger partial charge on any atom is -0.370 e. The van der Waals surface area contributed by atoms with Crippen molar-refractivity contribution in [1.82, 2.24) is 0 Å². The van der Waals surface area contributed by atoms with Crippen molar-refractivity contribution in [2.24, 2.45) is 0 Å². The maximum atomic E-state index is 9.16. The summed E-state index contributed by atoms with van der Waals surface area (Å²) in [5, 5.41) is 28.1. The summed E-state index contributed by atoms with van der Waals surface area (Å²) < 4.78 is 0. The molecule has 0 atom stereocenters. The summed E-state index contributed by atoms with van der Waals surface area (Å²) in [6.45, 7) is 0. The first-order chi connectivity index (χ1) is 10.1. The summed E-state index contributed by atoms with van der Waals surface area (Å²) >= 11 is 3.07. The molecule has 0 fully saturated rings. The summed E-state index contributed by atoms with van der Waals surface area (Å²) in [7, 11) is 3.97. The SMILES string of the molecule is CN(C)c1ccc(-c2ccc(C(C#N)=C(C#N)C#N)s2)s1. The third-order valence-electron chi connectivity index (χ3n) is 2.71. The predicted octanol–water partition coefficient (Wildman–Crippen LogP) is 3.87. The highest BCUT2D eigenvalue weighted by Crippen LogP contribution is 2.38. The van der Waals surface area contributed by atoms with Gasteiger partial charge < -0.3 is 4.90 Å². The second kappa shape index (κ2) is 6.24. The lowest BCUT2D eigenvalue weighted by Crippen LogP contribution is -2.05. The number of anilines is 1. The van der Waals surface area contributed by atoms with Gasteiger partial charge in [-0.1, -0.05) is 0 Å². The van der Waals surface area contributed by atoms with Crippen molar-refractivity contribution in [2.45, 2.75) is 0 Å². The third-order valence-corrected chi connectivity index (χ3v) is 5.26. The van der Waals surface area contributed by atoms with Crippen LogP contribution in [0.4, 0.5) is 5.00 Å². The third kappa shape index (κ3) is 2.95. The van der Waals surface area contributed by atoms with Gasteiger partial charge in [-0.25, -0.2) is 0 Å². The van der Waals surface area contributed by atoms with Crippen molar-refractivity contribution in [1.29, 1.82) is 15.8 Å². The molecule has 0 N–H and O–H groups in total.